The lowest BCUT2D eigenvalue weighted by atomic mass is 9.97. The standard InChI is InChI=1S/C43H68FN3O12SSi2/c1-16-23-55-39(52)38-36(50)35(49)37(51)40(57-38)56-32(48)25-30(59-62(14,15)43(7,8)9)24-29(58-61(12,13)42(4,5)6)21-22-31-33(26(2)3)45-41(47(10)60(11,53)54)46-34(31)27-17-19-28(44)20-18-27/h16-22,26,29-30,35-38,40,49-51H,1,23-25H2,2-15H3/b22-21+/t29-,30+,35?,36-,37+,38-,40+/m1/s1. The quantitative estimate of drug-likeness (QED) is 0.0835. The highest BCUT2D eigenvalue weighted by atomic mass is 32.2. The number of hydrogen-bond acceptors (Lipinski definition) is 14. The minimum atomic E-state index is -3.76. The van der Waals surface area contributed by atoms with E-state index in [4.69, 9.17) is 33.0 Å². The summed E-state index contributed by atoms with van der Waals surface area (Å²) < 4.78 is 70.5. The number of benzene rings is 1. The van der Waals surface area contributed by atoms with E-state index in [1.807, 2.05) is 39.1 Å². The maximum Gasteiger partial charge on any atom is 0.338 e. The van der Waals surface area contributed by atoms with E-state index in [1.165, 1.54) is 25.3 Å². The molecule has 1 aliphatic heterocycles. The number of anilines is 1. The van der Waals surface area contributed by atoms with E-state index in [1.54, 1.807) is 12.1 Å². The lowest BCUT2D eigenvalue weighted by Gasteiger charge is -2.42. The van der Waals surface area contributed by atoms with Crippen LogP contribution < -0.4 is 4.31 Å². The van der Waals surface area contributed by atoms with E-state index >= 15 is 0 Å². The number of hydrogen-bond donors (Lipinski definition) is 3. The summed E-state index contributed by atoms with van der Waals surface area (Å²) in [6.07, 6.45) is -5.03. The summed E-state index contributed by atoms with van der Waals surface area (Å²) in [6.45, 7) is 27.8. The van der Waals surface area contributed by atoms with Crippen LogP contribution in [0.4, 0.5) is 10.3 Å². The van der Waals surface area contributed by atoms with Crippen LogP contribution >= 0.6 is 0 Å². The number of aromatic nitrogens is 2. The molecule has 62 heavy (non-hydrogen) atoms. The Hall–Kier alpha value is -3.41. The molecular formula is C43H68FN3O12SSi2. The molecule has 19 heteroatoms. The molecule has 0 saturated carbocycles. The molecule has 348 valence electrons. The highest BCUT2D eigenvalue weighted by Crippen LogP contribution is 2.41. The lowest BCUT2D eigenvalue weighted by Crippen LogP contribution is -2.61. The molecule has 0 spiro atoms. The van der Waals surface area contributed by atoms with Crippen LogP contribution in [0.1, 0.15) is 85.4 Å². The highest BCUT2D eigenvalue weighted by molar-refractivity contribution is 7.92. The zero-order valence-electron chi connectivity index (χ0n) is 38.6. The number of carbonyl (C=O) groups is 2. The summed E-state index contributed by atoms with van der Waals surface area (Å²) in [5.74, 6) is -2.68. The van der Waals surface area contributed by atoms with Gasteiger partial charge in [0.15, 0.2) is 22.7 Å². The molecule has 1 fully saturated rings. The first-order chi connectivity index (χ1) is 28.3. The molecule has 2 aromatic rings. The molecule has 0 bridgehead atoms. The van der Waals surface area contributed by atoms with E-state index in [0.29, 0.717) is 22.5 Å². The molecule has 1 aromatic carbocycles. The lowest BCUT2D eigenvalue weighted by molar-refractivity contribution is -0.287. The normalized spacial score (nSPS) is 21.4. The molecule has 0 radical (unpaired) electrons. The summed E-state index contributed by atoms with van der Waals surface area (Å²) in [5, 5.41) is 31.3. The van der Waals surface area contributed by atoms with Gasteiger partial charge in [-0.25, -0.2) is 31.9 Å². The predicted octanol–water partition coefficient (Wildman–Crippen LogP) is 6.46. The van der Waals surface area contributed by atoms with Gasteiger partial charge in [-0.3, -0.25) is 4.79 Å². The third kappa shape index (κ3) is 13.6. The van der Waals surface area contributed by atoms with Crippen molar-refractivity contribution >= 4 is 50.6 Å². The number of aliphatic hydroxyl groups excluding tert-OH is 3. The molecule has 1 unspecified atom stereocenters. The highest BCUT2D eigenvalue weighted by Gasteiger charge is 2.50. The first kappa shape index (κ1) is 52.9. The molecule has 1 saturated heterocycles. The fourth-order valence-electron chi connectivity index (χ4n) is 5.87. The second kappa shape index (κ2) is 20.6. The van der Waals surface area contributed by atoms with Gasteiger partial charge in [-0.15, -0.1) is 0 Å². The summed E-state index contributed by atoms with van der Waals surface area (Å²) in [7, 11) is -7.59. The smallest absolute Gasteiger partial charge is 0.338 e. The van der Waals surface area contributed by atoms with Crippen molar-refractivity contribution in [3.8, 4) is 11.3 Å². The Morgan fingerprint density at radius 2 is 1.52 bits per heavy atom. The molecule has 7 atom stereocenters. The van der Waals surface area contributed by atoms with Gasteiger partial charge >= 0.3 is 11.9 Å². The van der Waals surface area contributed by atoms with Crippen LogP contribution in [-0.4, -0.2) is 125 Å². The number of esters is 2. The van der Waals surface area contributed by atoms with E-state index in [0.717, 1.165) is 10.6 Å². The van der Waals surface area contributed by atoms with Crippen LogP contribution in [-0.2, 0) is 42.7 Å². The third-order valence-electron chi connectivity index (χ3n) is 11.7. The van der Waals surface area contributed by atoms with Gasteiger partial charge in [0, 0.05) is 24.6 Å². The summed E-state index contributed by atoms with van der Waals surface area (Å²) >= 11 is 0. The Morgan fingerprint density at radius 1 is 0.952 bits per heavy atom. The van der Waals surface area contributed by atoms with Gasteiger partial charge in [0.25, 0.3) is 0 Å². The summed E-state index contributed by atoms with van der Waals surface area (Å²) in [6, 6.07) is 5.70. The SMILES string of the molecule is C=CCOC(=O)[C@@H]1O[C@H](OC(=O)C[C@H](C[C@@H](/C=C/c2c(-c3ccc(F)cc3)nc(N(C)S(C)(=O)=O)nc2C(C)C)O[Si](C)(C)C(C)(C)C)O[Si](C)(C)C(C)(C)C)[C@@H](O)C(O)[C@H]1O. The Morgan fingerprint density at radius 3 is 2.03 bits per heavy atom. The van der Waals surface area contributed by atoms with E-state index < -0.39 is 87.3 Å². The number of rotatable bonds is 18. The maximum atomic E-state index is 14.2. The van der Waals surface area contributed by atoms with Crippen molar-refractivity contribution in [1.82, 2.24) is 9.97 Å². The first-order valence-electron chi connectivity index (χ1n) is 20.6. The monoisotopic (exact) mass is 925 g/mol. The Kier molecular flexibility index (Phi) is 17.6. The molecule has 0 amide bonds. The summed E-state index contributed by atoms with van der Waals surface area (Å²) in [4.78, 5) is 35.9. The summed E-state index contributed by atoms with van der Waals surface area (Å²) in [5.41, 5.74) is 1.95. The topological polar surface area (TPSA) is 204 Å². The number of carbonyl (C=O) groups excluding carboxylic acids is 2. The molecule has 0 aliphatic carbocycles. The number of nitrogens with zero attached hydrogens (tertiary/aromatic N) is 3. The van der Waals surface area contributed by atoms with Crippen LogP contribution in [0.15, 0.2) is 43.0 Å². The molecule has 1 aliphatic rings. The van der Waals surface area contributed by atoms with E-state index in [9.17, 15) is 37.7 Å². The van der Waals surface area contributed by atoms with Gasteiger partial charge in [0.1, 0.15) is 30.7 Å². The zero-order valence-corrected chi connectivity index (χ0v) is 41.4. The van der Waals surface area contributed by atoms with Gasteiger partial charge in [0.05, 0.1) is 36.3 Å². The number of ether oxygens (including phenoxy) is 3. The van der Waals surface area contributed by atoms with Gasteiger partial charge in [-0.05, 0) is 66.4 Å². The molecule has 2 heterocycles. The minimum absolute atomic E-state index is 0.0582. The molecule has 3 rings (SSSR count). The van der Waals surface area contributed by atoms with Gasteiger partial charge in [-0.1, -0.05) is 80.2 Å². The van der Waals surface area contributed by atoms with Gasteiger partial charge in [-0.2, -0.15) is 0 Å². The van der Waals surface area contributed by atoms with E-state index in [-0.39, 0.29) is 41.4 Å². The number of halogens is 1. The van der Waals surface area contributed by atoms with Gasteiger partial charge < -0.3 is 38.4 Å². The van der Waals surface area contributed by atoms with Crippen LogP contribution in [0, 0.1) is 5.82 Å². The third-order valence-corrected chi connectivity index (χ3v) is 21.9. The number of sulfonamides is 1. The minimum Gasteiger partial charge on any atom is -0.459 e. The molecular weight excluding hydrogens is 858 g/mol. The van der Waals surface area contributed by atoms with Crippen molar-refractivity contribution in [1.29, 1.82) is 0 Å². The van der Waals surface area contributed by atoms with Crippen LogP contribution in [0.25, 0.3) is 17.3 Å². The second-order valence-corrected chi connectivity index (χ2v) is 30.6. The Labute approximate surface area is 369 Å². The Balaban J connectivity index is 2.18. The zero-order chi connectivity index (χ0) is 47.3. The Bertz CT molecular complexity index is 2020. The first-order valence-corrected chi connectivity index (χ1v) is 28.3. The van der Waals surface area contributed by atoms with Crippen LogP contribution in [0.2, 0.25) is 36.3 Å². The largest absolute Gasteiger partial charge is 0.459 e. The molecule has 1 aromatic heterocycles. The van der Waals surface area contributed by atoms with Crippen LogP contribution in [0.5, 0.6) is 0 Å². The van der Waals surface area contributed by atoms with Crippen molar-refractivity contribution in [3.63, 3.8) is 0 Å². The van der Waals surface area contributed by atoms with Crippen molar-refractivity contribution in [3.05, 3.63) is 60.1 Å². The van der Waals surface area contributed by atoms with Crippen molar-refractivity contribution < 1.29 is 60.8 Å². The maximum absolute atomic E-state index is 14.2. The van der Waals surface area contributed by atoms with Crippen molar-refractivity contribution in [2.45, 2.75) is 153 Å². The second-order valence-electron chi connectivity index (χ2n) is 19.1. The fraction of sp³-hybridized carbons (Fsp3) is 0.628. The van der Waals surface area contributed by atoms with Crippen molar-refractivity contribution in [2.24, 2.45) is 0 Å². The van der Waals surface area contributed by atoms with Crippen molar-refractivity contribution in [2.75, 3.05) is 24.2 Å². The number of aliphatic hydroxyl groups is 3. The average Bonchev–Trinajstić information content (AvgIpc) is 3.14. The van der Waals surface area contributed by atoms with Crippen LogP contribution in [0.3, 0.4) is 0 Å². The van der Waals surface area contributed by atoms with Gasteiger partial charge in [0.2, 0.25) is 22.3 Å². The molecule has 15 nitrogen and oxygen atoms in total. The molecule has 3 N–H and O–H groups in total. The average molecular weight is 926 g/mol. The van der Waals surface area contributed by atoms with E-state index in [2.05, 4.69) is 61.2 Å². The fourth-order valence-corrected chi connectivity index (χ4v) is 8.90. The predicted molar refractivity (Wildman–Crippen MR) is 241 cm³/mol.